The van der Waals surface area contributed by atoms with Crippen LogP contribution in [0.2, 0.25) is 0 Å². The molecule has 0 saturated carbocycles. The van der Waals surface area contributed by atoms with Gasteiger partial charge in [-0.25, -0.2) is 28.9 Å². The summed E-state index contributed by atoms with van der Waals surface area (Å²) in [6, 6.07) is 8.50. The number of nitrogens with one attached hydrogen (secondary N) is 3. The molecule has 3 saturated heterocycles. The maximum Gasteiger partial charge on any atom is 0.472 e. The molecule has 7 heterocycles. The van der Waals surface area contributed by atoms with E-state index < -0.39 is 94.3 Å². The van der Waals surface area contributed by atoms with Crippen molar-refractivity contribution in [1.29, 1.82) is 0 Å². The van der Waals surface area contributed by atoms with Crippen LogP contribution in [0, 0.1) is 11.8 Å². The molecule has 2 bridgehead atoms. The number of ether oxygens (including phenoxy) is 2. The summed E-state index contributed by atoms with van der Waals surface area (Å²) >= 11 is 0. The number of imidazole rings is 2. The maximum absolute atomic E-state index is 16.4. The zero-order valence-corrected chi connectivity index (χ0v) is 33.6. The van der Waals surface area contributed by atoms with Crippen LogP contribution >= 0.6 is 15.4 Å². The van der Waals surface area contributed by atoms with Crippen LogP contribution in [0.15, 0.2) is 54.1 Å². The van der Waals surface area contributed by atoms with E-state index in [1.807, 2.05) is 0 Å². The van der Waals surface area contributed by atoms with Gasteiger partial charge in [0.05, 0.1) is 31.5 Å². The Kier molecular flexibility index (Phi) is 11.1. The second-order valence-electron chi connectivity index (χ2n) is 14.4. The van der Waals surface area contributed by atoms with Crippen molar-refractivity contribution < 1.29 is 55.6 Å². The fraction of sp³-hybridized carbons (Fsp3) is 0.471. The van der Waals surface area contributed by atoms with Crippen LogP contribution in [-0.2, 0) is 41.5 Å². The number of anilines is 2. The molecule has 10 unspecified atom stereocenters. The summed E-state index contributed by atoms with van der Waals surface area (Å²) in [4.78, 5) is 73.0. The van der Waals surface area contributed by atoms with Gasteiger partial charge < -0.3 is 24.2 Å². The van der Waals surface area contributed by atoms with Crippen LogP contribution in [0.3, 0.4) is 0 Å². The van der Waals surface area contributed by atoms with Crippen LogP contribution in [0.25, 0.3) is 22.3 Å². The molecule has 59 heavy (non-hydrogen) atoms. The van der Waals surface area contributed by atoms with Gasteiger partial charge in [0.2, 0.25) is 11.9 Å². The molecular formula is C34H39FN10O12P2. The minimum atomic E-state index is -5.00. The van der Waals surface area contributed by atoms with E-state index in [0.29, 0.717) is 5.56 Å². The average molecular weight is 861 g/mol. The Balaban J connectivity index is 1.08. The number of nitrogens with zero attached hydrogens (tertiary/aromatic N) is 7. The molecule has 1 aromatic carbocycles. The number of aromatic amines is 1. The summed E-state index contributed by atoms with van der Waals surface area (Å²) in [5.74, 6) is -2.13. The van der Waals surface area contributed by atoms with Gasteiger partial charge >= 0.3 is 15.4 Å². The number of rotatable bonds is 7. The molecule has 22 nitrogen and oxygen atoms in total. The third-order valence-electron chi connectivity index (χ3n) is 10.2. The Bertz CT molecular complexity index is 2560. The van der Waals surface area contributed by atoms with E-state index in [1.165, 1.54) is 12.7 Å². The van der Waals surface area contributed by atoms with E-state index in [9.17, 15) is 28.4 Å². The third-order valence-corrected chi connectivity index (χ3v) is 13.1. The van der Waals surface area contributed by atoms with E-state index in [-0.39, 0.29) is 46.7 Å². The van der Waals surface area contributed by atoms with Crippen molar-refractivity contribution in [2.45, 2.75) is 70.2 Å². The van der Waals surface area contributed by atoms with E-state index in [4.69, 9.17) is 27.6 Å². The molecule has 0 radical (unpaired) electrons. The van der Waals surface area contributed by atoms with Crippen molar-refractivity contribution in [3.05, 3.63) is 65.2 Å². The lowest BCUT2D eigenvalue weighted by Gasteiger charge is -2.27. The van der Waals surface area contributed by atoms with E-state index >= 15 is 4.39 Å². The highest BCUT2D eigenvalue weighted by molar-refractivity contribution is 7.53. The Morgan fingerprint density at radius 1 is 0.966 bits per heavy atom. The first-order chi connectivity index (χ1) is 28.1. The molecule has 3 fully saturated rings. The number of phosphoric ester groups is 1. The van der Waals surface area contributed by atoms with Crippen LogP contribution in [-0.4, -0.2) is 106 Å². The predicted octanol–water partition coefficient (Wildman–Crippen LogP) is 3.71. The minimum Gasteiger partial charge on any atom is -0.352 e. The number of carbonyl (C=O) groups excluding carboxylic acids is 2. The summed E-state index contributed by atoms with van der Waals surface area (Å²) in [7, 11) is -8.12. The lowest BCUT2D eigenvalue weighted by molar-refractivity contribution is -0.118. The molecule has 3 aliphatic heterocycles. The first-order valence-corrected chi connectivity index (χ1v) is 21.6. The van der Waals surface area contributed by atoms with Gasteiger partial charge in [-0.2, -0.15) is 4.98 Å². The van der Waals surface area contributed by atoms with Crippen LogP contribution in [0.4, 0.5) is 16.2 Å². The van der Waals surface area contributed by atoms with Crippen molar-refractivity contribution in [2.75, 3.05) is 30.5 Å². The second kappa shape index (κ2) is 16.0. The SMILES string of the molecule is COP1(=O)CCC2OC(n3cnc4c(NC(=O)c5ccccc5)ncnc43)C(C)C2OP(=O)(O)OCC2OC(n3cnc4c(=O)[nH]c(NC(=O)C(C)C)nc43)C(O1)C2F. The van der Waals surface area contributed by atoms with Gasteiger partial charge in [0.25, 0.3) is 11.5 Å². The molecule has 314 valence electrons. The van der Waals surface area contributed by atoms with Crippen molar-refractivity contribution in [2.24, 2.45) is 11.8 Å². The summed E-state index contributed by atoms with van der Waals surface area (Å²) in [6.45, 7) is 4.12. The minimum absolute atomic E-state index is 0.129. The van der Waals surface area contributed by atoms with Crippen molar-refractivity contribution in [1.82, 2.24) is 39.0 Å². The topological polar surface area (TPSA) is 275 Å². The maximum atomic E-state index is 16.4. The fourth-order valence-electron chi connectivity index (χ4n) is 7.10. The Hall–Kier alpha value is -4.83. The number of hydrogen-bond acceptors (Lipinski definition) is 16. The number of halogens is 1. The van der Waals surface area contributed by atoms with Crippen LogP contribution in [0.1, 0.15) is 50.0 Å². The van der Waals surface area contributed by atoms with Crippen LogP contribution in [0.5, 0.6) is 0 Å². The summed E-state index contributed by atoms with van der Waals surface area (Å²) < 4.78 is 81.7. The monoisotopic (exact) mass is 860 g/mol. The van der Waals surface area contributed by atoms with E-state index in [1.54, 1.807) is 55.7 Å². The zero-order valence-electron chi connectivity index (χ0n) is 31.8. The molecule has 4 N–H and O–H groups in total. The number of aromatic nitrogens is 8. The first-order valence-electron chi connectivity index (χ1n) is 18.4. The number of amides is 2. The summed E-state index contributed by atoms with van der Waals surface area (Å²) in [5, 5.41) is 5.23. The highest BCUT2D eigenvalue weighted by Gasteiger charge is 2.54. The number of H-pyrrole nitrogens is 1. The molecule has 5 aromatic rings. The largest absolute Gasteiger partial charge is 0.472 e. The van der Waals surface area contributed by atoms with Gasteiger partial charge in [-0.15, -0.1) is 0 Å². The highest BCUT2D eigenvalue weighted by Crippen LogP contribution is 2.57. The van der Waals surface area contributed by atoms with Gasteiger partial charge in [0, 0.05) is 24.5 Å². The van der Waals surface area contributed by atoms with Crippen molar-refractivity contribution in [3.8, 4) is 0 Å². The Morgan fingerprint density at radius 3 is 2.41 bits per heavy atom. The standard InChI is InChI=1S/C34H39FN10O12P2/c1-16(2)29(46)42-34-41-28-23(31(48)43-34)39-15-45(28)33-25-21(35)20(55-33)12-53-59(50,51)57-24-17(3)32(54-19(24)10-11-58(49,52-4)56-25)44-14-38-22-26(36-13-37-27(22)44)40-30(47)18-8-6-5-7-9-18/h5-9,13-17,19-21,24-25,32-33H,10-12H2,1-4H3,(H,50,51)(H,36,37,40,47)(H2,41,42,43,46,48). The third kappa shape index (κ3) is 7.97. The summed E-state index contributed by atoms with van der Waals surface area (Å²) in [5.41, 5.74) is -0.179. The predicted molar refractivity (Wildman–Crippen MR) is 203 cm³/mol. The highest BCUT2D eigenvalue weighted by atomic mass is 31.2. The van der Waals surface area contributed by atoms with Gasteiger partial charge in [0.15, 0.2) is 40.5 Å². The lowest BCUT2D eigenvalue weighted by Crippen LogP contribution is -2.32. The Morgan fingerprint density at radius 2 is 1.68 bits per heavy atom. The van der Waals surface area contributed by atoms with Crippen molar-refractivity contribution >= 4 is 61.3 Å². The van der Waals surface area contributed by atoms with Gasteiger partial charge in [-0.3, -0.25) is 52.0 Å². The van der Waals surface area contributed by atoms with Gasteiger partial charge in [-0.05, 0) is 18.6 Å². The fourth-order valence-corrected chi connectivity index (χ4v) is 9.67. The lowest BCUT2D eigenvalue weighted by atomic mass is 10.0. The molecule has 0 aliphatic carbocycles. The number of hydrogen-bond donors (Lipinski definition) is 4. The molecular weight excluding hydrogens is 821 g/mol. The number of alkyl halides is 1. The molecule has 10 atom stereocenters. The molecule has 0 spiro atoms. The van der Waals surface area contributed by atoms with Gasteiger partial charge in [0.1, 0.15) is 30.9 Å². The number of phosphoric acid groups is 1. The molecule has 25 heteroatoms. The normalized spacial score (nSPS) is 31.4. The first kappa shape index (κ1) is 40.9. The molecule has 3 aliphatic rings. The smallest absolute Gasteiger partial charge is 0.352 e. The Labute approximate surface area is 333 Å². The average Bonchev–Trinajstić information content (AvgIpc) is 3.98. The molecule has 2 amide bonds. The molecule has 4 aromatic heterocycles. The van der Waals surface area contributed by atoms with E-state index in [0.717, 1.165) is 18.0 Å². The van der Waals surface area contributed by atoms with Gasteiger partial charge in [-0.1, -0.05) is 39.0 Å². The number of benzene rings is 1. The molecule has 8 rings (SSSR count). The van der Waals surface area contributed by atoms with Crippen LogP contribution < -0.4 is 16.2 Å². The summed E-state index contributed by atoms with van der Waals surface area (Å²) in [6.07, 6.45) is -6.89. The van der Waals surface area contributed by atoms with E-state index in [2.05, 4.69) is 40.5 Å². The number of fused-ring (bicyclic) bond motifs is 5. The number of carbonyl (C=O) groups is 2. The quantitative estimate of drug-likeness (QED) is 0.170. The van der Waals surface area contributed by atoms with Crippen molar-refractivity contribution in [3.63, 3.8) is 0 Å². The zero-order chi connectivity index (χ0) is 41.8. The second-order valence-corrected chi connectivity index (χ2v) is 18.0.